The number of carbonyl (C=O) groups excluding carboxylic acids is 2. The van der Waals surface area contributed by atoms with Gasteiger partial charge in [0.05, 0.1) is 22.2 Å². The summed E-state index contributed by atoms with van der Waals surface area (Å²) in [6.45, 7) is 4.20. The minimum absolute atomic E-state index is 0.0349. The normalized spacial score (nSPS) is 16.9. The van der Waals surface area contributed by atoms with Crippen molar-refractivity contribution in [2.24, 2.45) is 5.92 Å². The molecule has 0 atom stereocenters. The Hall–Kier alpha value is -3.36. The number of halogens is 3. The summed E-state index contributed by atoms with van der Waals surface area (Å²) >= 11 is 7.46. The van der Waals surface area contributed by atoms with Crippen LogP contribution in [-0.4, -0.2) is 34.7 Å². The molecule has 0 bridgehead atoms. The van der Waals surface area contributed by atoms with Crippen LogP contribution in [0.3, 0.4) is 0 Å². The van der Waals surface area contributed by atoms with Gasteiger partial charge >= 0.3 is 0 Å². The molecule has 1 saturated carbocycles. The molecule has 2 aromatic heterocycles. The molecule has 5 nitrogen and oxygen atoms in total. The van der Waals surface area contributed by atoms with Crippen molar-refractivity contribution in [2.45, 2.75) is 65.0 Å². The van der Waals surface area contributed by atoms with Crippen molar-refractivity contribution in [1.29, 1.82) is 0 Å². The number of fused-ring (bicyclic) bond motifs is 1. The summed E-state index contributed by atoms with van der Waals surface area (Å²) in [4.78, 5) is 32.7. The Morgan fingerprint density at radius 2 is 1.74 bits per heavy atom. The Labute approximate surface area is 253 Å². The van der Waals surface area contributed by atoms with Gasteiger partial charge in [-0.2, -0.15) is 0 Å². The molecule has 0 unspecified atom stereocenters. The van der Waals surface area contributed by atoms with Gasteiger partial charge in [-0.25, -0.2) is 8.78 Å². The Morgan fingerprint density at radius 3 is 2.40 bits per heavy atom. The number of methoxy groups -OCH3 is 1. The lowest BCUT2D eigenvalue weighted by Gasteiger charge is -2.37. The maximum Gasteiger partial charge on any atom is 0.266 e. The van der Waals surface area contributed by atoms with Gasteiger partial charge in [0.25, 0.3) is 5.91 Å². The molecule has 4 aromatic rings. The average molecular weight is 611 g/mol. The fourth-order valence-electron chi connectivity index (χ4n) is 5.81. The molecule has 2 aromatic carbocycles. The van der Waals surface area contributed by atoms with Crippen LogP contribution >= 0.6 is 22.9 Å². The Bertz CT molecular complexity index is 1630. The summed E-state index contributed by atoms with van der Waals surface area (Å²) in [7, 11) is 1.58. The minimum Gasteiger partial charge on any atom is -0.496 e. The number of pyridine rings is 1. The summed E-state index contributed by atoms with van der Waals surface area (Å²) < 4.78 is 35.0. The number of rotatable bonds is 9. The van der Waals surface area contributed by atoms with Crippen molar-refractivity contribution in [1.82, 2.24) is 9.88 Å². The van der Waals surface area contributed by atoms with Gasteiger partial charge in [-0.1, -0.05) is 37.9 Å². The lowest BCUT2D eigenvalue weighted by atomic mass is 9.83. The number of ketones is 1. The zero-order chi connectivity index (χ0) is 30.0. The Morgan fingerprint density at radius 1 is 1.02 bits per heavy atom. The average Bonchev–Trinajstić information content (AvgIpc) is 3.39. The van der Waals surface area contributed by atoms with Crippen molar-refractivity contribution in [3.63, 3.8) is 0 Å². The van der Waals surface area contributed by atoms with Crippen molar-refractivity contribution in [2.75, 3.05) is 7.11 Å². The number of aromatic nitrogens is 1. The van der Waals surface area contributed by atoms with E-state index in [1.165, 1.54) is 0 Å². The zero-order valence-corrected chi connectivity index (χ0v) is 25.5. The van der Waals surface area contributed by atoms with Gasteiger partial charge in [0.1, 0.15) is 28.0 Å². The van der Waals surface area contributed by atoms with E-state index in [1.807, 2.05) is 24.3 Å². The van der Waals surface area contributed by atoms with E-state index in [-0.39, 0.29) is 44.3 Å². The topological polar surface area (TPSA) is 59.5 Å². The van der Waals surface area contributed by atoms with Crippen LogP contribution in [0.4, 0.5) is 8.78 Å². The van der Waals surface area contributed by atoms with Crippen LogP contribution in [0.25, 0.3) is 21.2 Å². The summed E-state index contributed by atoms with van der Waals surface area (Å²) in [5.41, 5.74) is 2.85. The molecule has 0 N–H and O–H groups in total. The number of Topliss-reactive ketones (excluding diaryl/α,β-unsaturated/α-hetero) is 1. The van der Waals surface area contributed by atoms with Crippen LogP contribution in [0.2, 0.25) is 5.02 Å². The second kappa shape index (κ2) is 12.9. The molecule has 0 radical (unpaired) electrons. The maximum atomic E-state index is 14.7. The molecule has 42 heavy (non-hydrogen) atoms. The van der Waals surface area contributed by atoms with E-state index < -0.39 is 11.6 Å². The molecular weight excluding hydrogens is 578 g/mol. The number of carbonyl (C=O) groups is 2. The summed E-state index contributed by atoms with van der Waals surface area (Å²) in [5, 5.41) is -0.121. The smallest absolute Gasteiger partial charge is 0.266 e. The number of thiophene rings is 1. The van der Waals surface area contributed by atoms with E-state index >= 15 is 0 Å². The number of ether oxygens (including phenoxy) is 1. The van der Waals surface area contributed by atoms with Crippen LogP contribution in [0, 0.1) is 17.6 Å². The number of amides is 1. The maximum absolute atomic E-state index is 14.7. The van der Waals surface area contributed by atoms with Crippen LogP contribution in [0.5, 0.6) is 5.75 Å². The molecule has 0 aliphatic heterocycles. The number of nitrogens with zero attached hydrogens (tertiary/aromatic N) is 2. The predicted octanol–water partition coefficient (Wildman–Crippen LogP) is 9.11. The highest BCUT2D eigenvalue weighted by Gasteiger charge is 2.33. The lowest BCUT2D eigenvalue weighted by Crippen LogP contribution is -2.41. The van der Waals surface area contributed by atoms with E-state index in [0.29, 0.717) is 23.8 Å². The van der Waals surface area contributed by atoms with E-state index in [9.17, 15) is 18.4 Å². The molecule has 1 aliphatic rings. The first-order valence-corrected chi connectivity index (χ1v) is 15.5. The van der Waals surface area contributed by atoms with E-state index in [0.717, 1.165) is 72.3 Å². The van der Waals surface area contributed by atoms with Crippen molar-refractivity contribution >= 4 is 44.7 Å². The Balaban J connectivity index is 1.56. The van der Waals surface area contributed by atoms with E-state index in [1.54, 1.807) is 31.2 Å². The zero-order valence-electron chi connectivity index (χ0n) is 23.9. The number of hydrogen-bond donors (Lipinski definition) is 0. The molecule has 0 spiro atoms. The summed E-state index contributed by atoms with van der Waals surface area (Å²) in [6, 6.07) is 11.3. The van der Waals surface area contributed by atoms with Gasteiger partial charge in [0.2, 0.25) is 0 Å². The van der Waals surface area contributed by atoms with Gasteiger partial charge in [-0.15, -0.1) is 11.3 Å². The van der Waals surface area contributed by atoms with Gasteiger partial charge in [-0.3, -0.25) is 14.6 Å². The second-order valence-electron chi connectivity index (χ2n) is 10.7. The van der Waals surface area contributed by atoms with Gasteiger partial charge < -0.3 is 9.64 Å². The highest BCUT2D eigenvalue weighted by atomic mass is 35.5. The molecular formula is C33H33ClF2N2O3S. The first-order chi connectivity index (χ1) is 20.2. The van der Waals surface area contributed by atoms with Gasteiger partial charge in [0.15, 0.2) is 5.78 Å². The summed E-state index contributed by atoms with van der Waals surface area (Å²) in [6.07, 6.45) is 6.70. The van der Waals surface area contributed by atoms with Crippen LogP contribution in [-0.2, 0) is 6.54 Å². The molecule has 1 fully saturated rings. The van der Waals surface area contributed by atoms with Crippen LogP contribution < -0.4 is 4.74 Å². The standard InChI is InChI=1S/C33H33ClF2N2O3S/c1-4-19-6-9-23(10-7-19)38(33(40)32-30(34)29-24(35)11-12-25(36)31(29)42-32)18-22-16-20(8-13-28(22)41-3)21-14-15-37-26(17-21)27(39)5-2/h8,11-17,19,23H,4-7,9-10,18H2,1-3H3. The van der Waals surface area contributed by atoms with Crippen molar-refractivity contribution in [3.8, 4) is 16.9 Å². The molecule has 2 heterocycles. The number of hydrogen-bond acceptors (Lipinski definition) is 5. The third kappa shape index (κ3) is 5.92. The number of benzene rings is 2. The van der Waals surface area contributed by atoms with Crippen molar-refractivity contribution in [3.05, 3.63) is 81.5 Å². The van der Waals surface area contributed by atoms with Gasteiger partial charge in [0, 0.05) is 30.8 Å². The third-order valence-electron chi connectivity index (χ3n) is 8.29. The molecule has 1 aliphatic carbocycles. The highest BCUT2D eigenvalue weighted by Crippen LogP contribution is 2.41. The van der Waals surface area contributed by atoms with Crippen LogP contribution in [0.1, 0.15) is 78.1 Å². The van der Waals surface area contributed by atoms with E-state index in [2.05, 4.69) is 11.9 Å². The third-order valence-corrected chi connectivity index (χ3v) is 9.97. The fourth-order valence-corrected chi connectivity index (χ4v) is 7.31. The Kier molecular flexibility index (Phi) is 9.23. The monoisotopic (exact) mass is 610 g/mol. The SMILES string of the molecule is CCC(=O)c1cc(-c2ccc(OC)c(CN(C(=O)c3sc4c(F)ccc(F)c4c3Cl)C3CCC(CC)CC3)c2)ccn1. The molecule has 5 rings (SSSR count). The second-order valence-corrected chi connectivity index (χ2v) is 12.1. The van der Waals surface area contributed by atoms with E-state index in [4.69, 9.17) is 16.3 Å². The molecule has 220 valence electrons. The quantitative estimate of drug-likeness (QED) is 0.177. The molecule has 9 heteroatoms. The summed E-state index contributed by atoms with van der Waals surface area (Å²) in [5.74, 6) is -0.448. The minimum atomic E-state index is -0.658. The van der Waals surface area contributed by atoms with Crippen LogP contribution in [0.15, 0.2) is 48.7 Å². The predicted molar refractivity (Wildman–Crippen MR) is 164 cm³/mol. The lowest BCUT2D eigenvalue weighted by molar-refractivity contribution is 0.0591. The first-order valence-electron chi connectivity index (χ1n) is 14.3. The first kappa shape index (κ1) is 30.1. The fraction of sp³-hybridized carbons (Fsp3) is 0.364. The van der Waals surface area contributed by atoms with Crippen molar-refractivity contribution < 1.29 is 23.1 Å². The van der Waals surface area contributed by atoms with Gasteiger partial charge in [-0.05, 0) is 79.1 Å². The molecule has 0 saturated heterocycles. The highest BCUT2D eigenvalue weighted by molar-refractivity contribution is 7.21. The molecule has 1 amide bonds. The largest absolute Gasteiger partial charge is 0.496 e.